The molecular weight excluding hydrogens is 321 g/mol. The SMILES string of the molecule is CC(C)c1nc(-c2ccc(F)cc2Br)nc2c1CNC2. The number of hydrogen-bond acceptors (Lipinski definition) is 3. The number of nitrogens with zero attached hydrogens (tertiary/aromatic N) is 2. The highest BCUT2D eigenvalue weighted by molar-refractivity contribution is 9.10. The van der Waals surface area contributed by atoms with Gasteiger partial charge < -0.3 is 5.32 Å². The van der Waals surface area contributed by atoms with Crippen LogP contribution in [0.4, 0.5) is 4.39 Å². The molecule has 2 heterocycles. The summed E-state index contributed by atoms with van der Waals surface area (Å²) in [6.07, 6.45) is 0. The second-order valence-corrected chi connectivity index (χ2v) is 6.09. The summed E-state index contributed by atoms with van der Waals surface area (Å²) in [5.41, 5.74) is 4.16. The number of aromatic nitrogens is 2. The number of benzene rings is 1. The summed E-state index contributed by atoms with van der Waals surface area (Å²) in [6.45, 7) is 5.85. The van der Waals surface area contributed by atoms with Crippen molar-refractivity contribution in [2.75, 3.05) is 0 Å². The minimum absolute atomic E-state index is 0.271. The molecule has 2 aromatic rings. The molecule has 0 saturated heterocycles. The van der Waals surface area contributed by atoms with E-state index in [0.29, 0.717) is 16.2 Å². The van der Waals surface area contributed by atoms with E-state index in [4.69, 9.17) is 4.98 Å². The maximum absolute atomic E-state index is 13.2. The molecule has 0 spiro atoms. The number of rotatable bonds is 2. The summed E-state index contributed by atoms with van der Waals surface area (Å²) in [6, 6.07) is 4.59. The molecule has 0 fully saturated rings. The van der Waals surface area contributed by atoms with Crippen LogP contribution in [-0.4, -0.2) is 9.97 Å². The molecular formula is C15H15BrFN3. The van der Waals surface area contributed by atoms with E-state index in [1.165, 1.54) is 17.7 Å². The lowest BCUT2D eigenvalue weighted by Crippen LogP contribution is -2.05. The van der Waals surface area contributed by atoms with Gasteiger partial charge >= 0.3 is 0 Å². The van der Waals surface area contributed by atoms with E-state index >= 15 is 0 Å². The third-order valence-corrected chi connectivity index (χ3v) is 4.09. The van der Waals surface area contributed by atoms with Crippen LogP contribution >= 0.6 is 15.9 Å². The van der Waals surface area contributed by atoms with Gasteiger partial charge in [0.15, 0.2) is 5.82 Å². The summed E-state index contributed by atoms with van der Waals surface area (Å²) >= 11 is 3.39. The van der Waals surface area contributed by atoms with Gasteiger partial charge in [-0.25, -0.2) is 14.4 Å². The molecule has 5 heteroatoms. The van der Waals surface area contributed by atoms with E-state index in [2.05, 4.69) is 40.1 Å². The molecule has 0 bridgehead atoms. The fraction of sp³-hybridized carbons (Fsp3) is 0.333. The molecule has 0 amide bonds. The zero-order valence-corrected chi connectivity index (χ0v) is 13.0. The van der Waals surface area contributed by atoms with Gasteiger partial charge in [-0.1, -0.05) is 13.8 Å². The lowest BCUT2D eigenvalue weighted by Gasteiger charge is -2.13. The minimum Gasteiger partial charge on any atom is -0.307 e. The average Bonchev–Trinajstić information content (AvgIpc) is 2.85. The Hall–Kier alpha value is -1.33. The second kappa shape index (κ2) is 5.22. The van der Waals surface area contributed by atoms with E-state index in [-0.39, 0.29) is 5.82 Å². The topological polar surface area (TPSA) is 37.8 Å². The first kappa shape index (κ1) is 13.6. The van der Waals surface area contributed by atoms with E-state index in [9.17, 15) is 4.39 Å². The minimum atomic E-state index is -0.271. The fourth-order valence-electron chi connectivity index (χ4n) is 2.46. The van der Waals surface area contributed by atoms with E-state index < -0.39 is 0 Å². The molecule has 0 aliphatic carbocycles. The molecule has 0 unspecified atom stereocenters. The van der Waals surface area contributed by atoms with Gasteiger partial charge in [-0.15, -0.1) is 0 Å². The summed E-state index contributed by atoms with van der Waals surface area (Å²) in [4.78, 5) is 9.33. The highest BCUT2D eigenvalue weighted by Crippen LogP contribution is 2.30. The standard InChI is InChI=1S/C15H15BrFN3/c1-8(2)14-11-6-18-7-13(11)19-15(20-14)10-4-3-9(17)5-12(10)16/h3-5,8,18H,6-7H2,1-2H3. The van der Waals surface area contributed by atoms with Crippen LogP contribution in [0.15, 0.2) is 22.7 Å². The van der Waals surface area contributed by atoms with Crippen LogP contribution in [0.1, 0.15) is 36.7 Å². The van der Waals surface area contributed by atoms with Gasteiger partial charge in [-0.2, -0.15) is 0 Å². The lowest BCUT2D eigenvalue weighted by molar-refractivity contribution is 0.627. The van der Waals surface area contributed by atoms with Crippen LogP contribution in [0, 0.1) is 5.82 Å². The Morgan fingerprint density at radius 3 is 2.75 bits per heavy atom. The number of fused-ring (bicyclic) bond motifs is 1. The highest BCUT2D eigenvalue weighted by atomic mass is 79.9. The number of hydrogen-bond donors (Lipinski definition) is 1. The Morgan fingerprint density at radius 1 is 1.25 bits per heavy atom. The third kappa shape index (κ3) is 2.36. The van der Waals surface area contributed by atoms with Crippen molar-refractivity contribution < 1.29 is 4.39 Å². The predicted molar refractivity (Wildman–Crippen MR) is 79.8 cm³/mol. The summed E-state index contributed by atoms with van der Waals surface area (Å²) in [5.74, 6) is 0.722. The Kier molecular flexibility index (Phi) is 3.56. The van der Waals surface area contributed by atoms with Crippen molar-refractivity contribution in [1.29, 1.82) is 0 Å². The molecule has 1 aromatic carbocycles. The van der Waals surface area contributed by atoms with E-state index in [1.807, 2.05) is 0 Å². The van der Waals surface area contributed by atoms with Crippen molar-refractivity contribution in [2.24, 2.45) is 0 Å². The van der Waals surface area contributed by atoms with E-state index in [1.54, 1.807) is 6.07 Å². The van der Waals surface area contributed by atoms with Crippen LogP contribution < -0.4 is 5.32 Å². The summed E-state index contributed by atoms with van der Waals surface area (Å²) in [7, 11) is 0. The average molecular weight is 336 g/mol. The third-order valence-electron chi connectivity index (χ3n) is 3.44. The zero-order chi connectivity index (χ0) is 14.3. The van der Waals surface area contributed by atoms with Gasteiger partial charge in [-0.05, 0) is 40.0 Å². The van der Waals surface area contributed by atoms with Crippen molar-refractivity contribution in [3.8, 4) is 11.4 Å². The van der Waals surface area contributed by atoms with Gasteiger partial charge in [0, 0.05) is 28.7 Å². The molecule has 1 N–H and O–H groups in total. The van der Waals surface area contributed by atoms with Crippen molar-refractivity contribution in [1.82, 2.24) is 15.3 Å². The molecule has 0 radical (unpaired) electrons. The Labute approximate surface area is 125 Å². The van der Waals surface area contributed by atoms with Crippen LogP contribution in [0.2, 0.25) is 0 Å². The van der Waals surface area contributed by atoms with Crippen molar-refractivity contribution in [3.05, 3.63) is 45.4 Å². The molecule has 1 aliphatic rings. The van der Waals surface area contributed by atoms with Crippen LogP contribution in [0.25, 0.3) is 11.4 Å². The van der Waals surface area contributed by atoms with Gasteiger partial charge in [0.25, 0.3) is 0 Å². The van der Waals surface area contributed by atoms with Crippen molar-refractivity contribution in [3.63, 3.8) is 0 Å². The predicted octanol–water partition coefficient (Wildman–Crippen LogP) is 3.77. The van der Waals surface area contributed by atoms with E-state index in [0.717, 1.165) is 30.0 Å². The first-order valence-electron chi connectivity index (χ1n) is 6.62. The van der Waals surface area contributed by atoms with Gasteiger partial charge in [0.2, 0.25) is 0 Å². The number of halogens is 2. The molecule has 104 valence electrons. The van der Waals surface area contributed by atoms with Crippen LogP contribution in [0.5, 0.6) is 0 Å². The smallest absolute Gasteiger partial charge is 0.160 e. The van der Waals surface area contributed by atoms with Gasteiger partial charge in [0.1, 0.15) is 5.82 Å². The van der Waals surface area contributed by atoms with Crippen LogP contribution in [-0.2, 0) is 13.1 Å². The number of nitrogens with one attached hydrogen (secondary N) is 1. The molecule has 3 nitrogen and oxygen atoms in total. The monoisotopic (exact) mass is 335 g/mol. The zero-order valence-electron chi connectivity index (χ0n) is 11.4. The van der Waals surface area contributed by atoms with Crippen molar-refractivity contribution in [2.45, 2.75) is 32.9 Å². The molecule has 20 heavy (non-hydrogen) atoms. The van der Waals surface area contributed by atoms with Crippen molar-refractivity contribution >= 4 is 15.9 Å². The van der Waals surface area contributed by atoms with Crippen LogP contribution in [0.3, 0.4) is 0 Å². The van der Waals surface area contributed by atoms with Gasteiger partial charge in [-0.3, -0.25) is 0 Å². The molecule has 0 saturated carbocycles. The summed E-state index contributed by atoms with van der Waals surface area (Å²) < 4.78 is 13.9. The molecule has 3 rings (SSSR count). The first-order chi connectivity index (χ1) is 9.56. The fourth-order valence-corrected chi connectivity index (χ4v) is 2.99. The highest BCUT2D eigenvalue weighted by Gasteiger charge is 2.21. The van der Waals surface area contributed by atoms with Gasteiger partial charge in [0.05, 0.1) is 11.4 Å². The molecule has 1 aliphatic heterocycles. The summed E-state index contributed by atoms with van der Waals surface area (Å²) in [5, 5.41) is 3.31. The maximum Gasteiger partial charge on any atom is 0.160 e. The largest absolute Gasteiger partial charge is 0.307 e. The molecule has 0 atom stereocenters. The first-order valence-corrected chi connectivity index (χ1v) is 7.41. The normalized spacial score (nSPS) is 13.8. The lowest BCUT2D eigenvalue weighted by atomic mass is 10.0. The Morgan fingerprint density at radius 2 is 2.05 bits per heavy atom. The molecule has 1 aromatic heterocycles. The Bertz CT molecular complexity index is 670. The Balaban J connectivity index is 2.17. The quantitative estimate of drug-likeness (QED) is 0.907. The second-order valence-electron chi connectivity index (χ2n) is 5.24. The maximum atomic E-state index is 13.2.